The molecular weight excluding hydrogens is 254 g/mol. The SMILES string of the molecule is CC1CN(C(=O)CNC(=O)c2ccc(N)cc2)CC1C. The summed E-state index contributed by atoms with van der Waals surface area (Å²) < 4.78 is 0. The van der Waals surface area contributed by atoms with E-state index in [1.165, 1.54) is 0 Å². The van der Waals surface area contributed by atoms with Crippen LogP contribution in [0.3, 0.4) is 0 Å². The van der Waals surface area contributed by atoms with E-state index in [1.54, 1.807) is 24.3 Å². The summed E-state index contributed by atoms with van der Waals surface area (Å²) in [6.07, 6.45) is 0. The van der Waals surface area contributed by atoms with Crippen molar-refractivity contribution >= 4 is 17.5 Å². The van der Waals surface area contributed by atoms with Gasteiger partial charge in [0.15, 0.2) is 0 Å². The van der Waals surface area contributed by atoms with E-state index in [-0.39, 0.29) is 18.4 Å². The lowest BCUT2D eigenvalue weighted by Gasteiger charge is -2.16. The van der Waals surface area contributed by atoms with Crippen LogP contribution in [0, 0.1) is 11.8 Å². The van der Waals surface area contributed by atoms with Crippen molar-refractivity contribution in [1.29, 1.82) is 0 Å². The Balaban J connectivity index is 1.84. The Morgan fingerprint density at radius 2 is 1.75 bits per heavy atom. The largest absolute Gasteiger partial charge is 0.399 e. The number of hydrogen-bond donors (Lipinski definition) is 2. The van der Waals surface area contributed by atoms with Crippen molar-refractivity contribution in [3.8, 4) is 0 Å². The number of nitrogens with two attached hydrogens (primary N) is 1. The quantitative estimate of drug-likeness (QED) is 0.811. The Labute approximate surface area is 119 Å². The van der Waals surface area contributed by atoms with Crippen molar-refractivity contribution < 1.29 is 9.59 Å². The minimum Gasteiger partial charge on any atom is -0.399 e. The van der Waals surface area contributed by atoms with Crippen LogP contribution in [0.2, 0.25) is 0 Å². The van der Waals surface area contributed by atoms with Gasteiger partial charge in [0.05, 0.1) is 6.54 Å². The Morgan fingerprint density at radius 3 is 2.30 bits per heavy atom. The molecule has 0 spiro atoms. The molecule has 20 heavy (non-hydrogen) atoms. The maximum Gasteiger partial charge on any atom is 0.251 e. The zero-order valence-electron chi connectivity index (χ0n) is 11.9. The number of carbonyl (C=O) groups excluding carboxylic acids is 2. The second-order valence-corrected chi connectivity index (χ2v) is 5.56. The van der Waals surface area contributed by atoms with Crippen LogP contribution < -0.4 is 11.1 Å². The van der Waals surface area contributed by atoms with E-state index in [9.17, 15) is 9.59 Å². The van der Waals surface area contributed by atoms with Gasteiger partial charge in [0.2, 0.25) is 5.91 Å². The Hall–Kier alpha value is -2.04. The summed E-state index contributed by atoms with van der Waals surface area (Å²) in [7, 11) is 0. The summed E-state index contributed by atoms with van der Waals surface area (Å²) in [4.78, 5) is 25.7. The normalized spacial score (nSPS) is 21.8. The molecular formula is C15H21N3O2. The predicted octanol–water partition coefficient (Wildman–Crippen LogP) is 1.11. The highest BCUT2D eigenvalue weighted by molar-refractivity contribution is 5.96. The van der Waals surface area contributed by atoms with Crippen molar-refractivity contribution in [3.05, 3.63) is 29.8 Å². The third-order valence-electron chi connectivity index (χ3n) is 3.91. The molecule has 0 aromatic heterocycles. The molecule has 3 N–H and O–H groups in total. The minimum atomic E-state index is -0.251. The molecule has 5 heteroatoms. The number of nitrogen functional groups attached to an aromatic ring is 1. The molecule has 0 aliphatic carbocycles. The Morgan fingerprint density at radius 1 is 1.20 bits per heavy atom. The molecule has 108 valence electrons. The lowest BCUT2D eigenvalue weighted by atomic mass is 10.0. The van der Waals surface area contributed by atoms with Gasteiger partial charge < -0.3 is 16.0 Å². The van der Waals surface area contributed by atoms with Crippen molar-refractivity contribution in [2.45, 2.75) is 13.8 Å². The zero-order valence-corrected chi connectivity index (χ0v) is 11.9. The topological polar surface area (TPSA) is 75.4 Å². The lowest BCUT2D eigenvalue weighted by molar-refractivity contribution is -0.129. The maximum atomic E-state index is 12.0. The first-order valence-electron chi connectivity index (χ1n) is 6.89. The lowest BCUT2D eigenvalue weighted by Crippen LogP contribution is -2.39. The summed E-state index contributed by atoms with van der Waals surface area (Å²) >= 11 is 0. The summed E-state index contributed by atoms with van der Waals surface area (Å²) in [5, 5.41) is 2.65. The Bertz CT molecular complexity index is 488. The molecule has 0 saturated carbocycles. The van der Waals surface area contributed by atoms with E-state index in [0.29, 0.717) is 23.1 Å². The van der Waals surface area contributed by atoms with Crippen LogP contribution in [0.5, 0.6) is 0 Å². The van der Waals surface area contributed by atoms with Gasteiger partial charge in [-0.3, -0.25) is 9.59 Å². The standard InChI is InChI=1S/C15H21N3O2/c1-10-8-18(9-11(10)2)14(19)7-17-15(20)12-3-5-13(16)6-4-12/h3-6,10-11H,7-9,16H2,1-2H3,(H,17,20). The summed E-state index contributed by atoms with van der Waals surface area (Å²) in [6.45, 7) is 5.88. The molecule has 1 aromatic carbocycles. The van der Waals surface area contributed by atoms with Crippen LogP contribution in [0.4, 0.5) is 5.69 Å². The second-order valence-electron chi connectivity index (χ2n) is 5.56. The highest BCUT2D eigenvalue weighted by atomic mass is 16.2. The first kappa shape index (κ1) is 14.4. The number of carbonyl (C=O) groups is 2. The molecule has 2 rings (SSSR count). The van der Waals surface area contributed by atoms with Crippen molar-refractivity contribution in [3.63, 3.8) is 0 Å². The van der Waals surface area contributed by atoms with Crippen LogP contribution in [-0.2, 0) is 4.79 Å². The maximum absolute atomic E-state index is 12.0. The molecule has 1 saturated heterocycles. The average Bonchev–Trinajstić information content (AvgIpc) is 2.76. The van der Waals surface area contributed by atoms with Gasteiger partial charge >= 0.3 is 0 Å². The number of benzene rings is 1. The second kappa shape index (κ2) is 5.94. The molecule has 1 fully saturated rings. The number of anilines is 1. The monoisotopic (exact) mass is 275 g/mol. The van der Waals surface area contributed by atoms with Crippen molar-refractivity contribution in [2.24, 2.45) is 11.8 Å². The van der Waals surface area contributed by atoms with Crippen LogP contribution in [0.15, 0.2) is 24.3 Å². The third kappa shape index (κ3) is 3.29. The van der Waals surface area contributed by atoms with E-state index in [4.69, 9.17) is 5.73 Å². The predicted molar refractivity (Wildman–Crippen MR) is 78.1 cm³/mol. The van der Waals surface area contributed by atoms with Crippen LogP contribution in [0.1, 0.15) is 24.2 Å². The number of amides is 2. The first-order chi connectivity index (χ1) is 9.47. The van der Waals surface area contributed by atoms with E-state index >= 15 is 0 Å². The minimum absolute atomic E-state index is 0.0232. The van der Waals surface area contributed by atoms with E-state index < -0.39 is 0 Å². The highest BCUT2D eigenvalue weighted by Crippen LogP contribution is 2.21. The first-order valence-corrected chi connectivity index (χ1v) is 6.89. The van der Waals surface area contributed by atoms with Gasteiger partial charge in [0.25, 0.3) is 5.91 Å². The van der Waals surface area contributed by atoms with Crippen LogP contribution in [0.25, 0.3) is 0 Å². The van der Waals surface area contributed by atoms with Gasteiger partial charge in [0.1, 0.15) is 0 Å². The molecule has 1 aromatic rings. The summed E-state index contributed by atoms with van der Waals surface area (Å²) in [6, 6.07) is 6.63. The fourth-order valence-corrected chi connectivity index (χ4v) is 2.34. The van der Waals surface area contributed by atoms with Crippen LogP contribution >= 0.6 is 0 Å². The highest BCUT2D eigenvalue weighted by Gasteiger charge is 2.29. The van der Waals surface area contributed by atoms with Gasteiger partial charge in [-0.05, 0) is 36.1 Å². The molecule has 2 unspecified atom stereocenters. The van der Waals surface area contributed by atoms with E-state index in [1.807, 2.05) is 4.90 Å². The molecule has 2 atom stereocenters. The van der Waals surface area contributed by atoms with Gasteiger partial charge in [-0.25, -0.2) is 0 Å². The Kier molecular flexibility index (Phi) is 4.27. The summed E-state index contributed by atoms with van der Waals surface area (Å²) in [5.74, 6) is 0.766. The number of likely N-dealkylation sites (tertiary alicyclic amines) is 1. The fourth-order valence-electron chi connectivity index (χ4n) is 2.34. The fraction of sp³-hybridized carbons (Fsp3) is 0.467. The summed E-state index contributed by atoms with van der Waals surface area (Å²) in [5.41, 5.74) is 6.68. The number of nitrogens with one attached hydrogen (secondary N) is 1. The smallest absolute Gasteiger partial charge is 0.251 e. The van der Waals surface area contributed by atoms with Crippen molar-refractivity contribution in [1.82, 2.24) is 10.2 Å². The van der Waals surface area contributed by atoms with Crippen LogP contribution in [-0.4, -0.2) is 36.3 Å². The van der Waals surface area contributed by atoms with E-state index in [2.05, 4.69) is 19.2 Å². The molecule has 2 amide bonds. The van der Waals surface area contributed by atoms with Gasteiger partial charge in [-0.15, -0.1) is 0 Å². The molecule has 5 nitrogen and oxygen atoms in total. The number of hydrogen-bond acceptors (Lipinski definition) is 3. The van der Waals surface area contributed by atoms with Gasteiger partial charge in [-0.2, -0.15) is 0 Å². The molecule has 1 aliphatic rings. The molecule has 1 heterocycles. The zero-order chi connectivity index (χ0) is 14.7. The number of nitrogens with zero attached hydrogens (tertiary/aromatic N) is 1. The number of rotatable bonds is 3. The molecule has 0 radical (unpaired) electrons. The van der Waals surface area contributed by atoms with Crippen molar-refractivity contribution in [2.75, 3.05) is 25.4 Å². The van der Waals surface area contributed by atoms with Gasteiger partial charge in [-0.1, -0.05) is 13.8 Å². The van der Waals surface area contributed by atoms with E-state index in [0.717, 1.165) is 13.1 Å². The molecule has 1 aliphatic heterocycles. The molecule has 0 bridgehead atoms. The van der Waals surface area contributed by atoms with Gasteiger partial charge in [0, 0.05) is 24.3 Å². The third-order valence-corrected chi connectivity index (χ3v) is 3.91. The average molecular weight is 275 g/mol.